The van der Waals surface area contributed by atoms with Crippen LogP contribution in [-0.4, -0.2) is 18.6 Å². The number of hydrogen-bond donors (Lipinski definition) is 1. The summed E-state index contributed by atoms with van der Waals surface area (Å²) >= 11 is 0. The lowest BCUT2D eigenvalue weighted by molar-refractivity contribution is -0.149. The minimum atomic E-state index is -0.690. The SMILES string of the molecule is COC(=O)C1(Nc2ccc(F)cc2)CCCCC1C. The average molecular weight is 265 g/mol. The molecule has 2 rings (SSSR count). The standard InChI is InChI=1S/C15H20FNO2/c1-11-5-3-4-10-15(11,14(18)19-2)17-13-8-6-12(16)7-9-13/h6-9,11,17H,3-5,10H2,1-2H3. The summed E-state index contributed by atoms with van der Waals surface area (Å²) < 4.78 is 17.9. The second-order valence-corrected chi connectivity index (χ2v) is 5.24. The monoisotopic (exact) mass is 265 g/mol. The number of methoxy groups -OCH3 is 1. The summed E-state index contributed by atoms with van der Waals surface area (Å²) in [5, 5.41) is 3.28. The van der Waals surface area contributed by atoms with E-state index in [1.54, 1.807) is 12.1 Å². The molecule has 1 fully saturated rings. The van der Waals surface area contributed by atoms with E-state index in [4.69, 9.17) is 4.74 Å². The van der Waals surface area contributed by atoms with E-state index in [1.165, 1.54) is 19.2 Å². The van der Waals surface area contributed by atoms with Crippen LogP contribution in [0.4, 0.5) is 10.1 Å². The van der Waals surface area contributed by atoms with Crippen molar-refractivity contribution in [3.05, 3.63) is 30.1 Å². The Morgan fingerprint density at radius 3 is 2.63 bits per heavy atom. The second kappa shape index (κ2) is 5.59. The highest BCUT2D eigenvalue weighted by molar-refractivity contribution is 5.85. The number of anilines is 1. The number of esters is 1. The van der Waals surface area contributed by atoms with Crippen molar-refractivity contribution in [2.75, 3.05) is 12.4 Å². The zero-order chi connectivity index (χ0) is 13.9. The molecule has 1 aliphatic rings. The molecule has 4 heteroatoms. The number of nitrogens with one attached hydrogen (secondary N) is 1. The first-order valence-electron chi connectivity index (χ1n) is 6.70. The van der Waals surface area contributed by atoms with Gasteiger partial charge in [0.15, 0.2) is 0 Å². The Hall–Kier alpha value is -1.58. The van der Waals surface area contributed by atoms with Crippen LogP contribution < -0.4 is 5.32 Å². The third kappa shape index (κ3) is 2.72. The zero-order valence-corrected chi connectivity index (χ0v) is 11.4. The van der Waals surface area contributed by atoms with Crippen molar-refractivity contribution in [2.45, 2.75) is 38.1 Å². The number of benzene rings is 1. The van der Waals surface area contributed by atoms with Gasteiger partial charge in [0.25, 0.3) is 0 Å². The van der Waals surface area contributed by atoms with Gasteiger partial charge in [0.2, 0.25) is 0 Å². The summed E-state index contributed by atoms with van der Waals surface area (Å²) in [7, 11) is 1.41. The molecule has 0 heterocycles. The van der Waals surface area contributed by atoms with E-state index in [2.05, 4.69) is 12.2 Å². The maximum atomic E-state index is 12.9. The summed E-state index contributed by atoms with van der Waals surface area (Å²) in [5.41, 5.74) is 0.0609. The van der Waals surface area contributed by atoms with Crippen LogP contribution >= 0.6 is 0 Å². The van der Waals surface area contributed by atoms with Gasteiger partial charge in [0.05, 0.1) is 7.11 Å². The third-order valence-electron chi connectivity index (χ3n) is 4.06. The van der Waals surface area contributed by atoms with Crippen LogP contribution in [0.1, 0.15) is 32.6 Å². The number of carbonyl (C=O) groups is 1. The molecule has 0 saturated heterocycles. The molecule has 2 unspecified atom stereocenters. The Morgan fingerprint density at radius 2 is 2.05 bits per heavy atom. The number of ether oxygens (including phenoxy) is 1. The minimum absolute atomic E-state index is 0.193. The normalized spacial score (nSPS) is 26.8. The van der Waals surface area contributed by atoms with E-state index in [-0.39, 0.29) is 17.7 Å². The fourth-order valence-electron chi connectivity index (χ4n) is 2.86. The van der Waals surface area contributed by atoms with Crippen molar-refractivity contribution in [2.24, 2.45) is 5.92 Å². The first kappa shape index (κ1) is 13.8. The molecule has 1 aromatic rings. The van der Waals surface area contributed by atoms with Gasteiger partial charge < -0.3 is 10.1 Å². The average Bonchev–Trinajstić information content (AvgIpc) is 2.43. The highest BCUT2D eigenvalue weighted by atomic mass is 19.1. The smallest absolute Gasteiger partial charge is 0.331 e. The largest absolute Gasteiger partial charge is 0.467 e. The molecule has 104 valence electrons. The van der Waals surface area contributed by atoms with Gasteiger partial charge in [0.1, 0.15) is 11.4 Å². The van der Waals surface area contributed by atoms with E-state index in [0.29, 0.717) is 0 Å². The van der Waals surface area contributed by atoms with Crippen LogP contribution in [0, 0.1) is 11.7 Å². The quantitative estimate of drug-likeness (QED) is 0.852. The number of halogens is 1. The van der Waals surface area contributed by atoms with E-state index in [9.17, 15) is 9.18 Å². The maximum absolute atomic E-state index is 12.9. The predicted molar refractivity (Wildman–Crippen MR) is 72.4 cm³/mol. The number of rotatable bonds is 3. The van der Waals surface area contributed by atoms with Gasteiger partial charge in [0, 0.05) is 5.69 Å². The lowest BCUT2D eigenvalue weighted by Crippen LogP contribution is -2.54. The van der Waals surface area contributed by atoms with Gasteiger partial charge in [-0.05, 0) is 43.0 Å². The lowest BCUT2D eigenvalue weighted by Gasteiger charge is -2.41. The Bertz CT molecular complexity index is 446. The molecule has 0 bridgehead atoms. The van der Waals surface area contributed by atoms with Crippen molar-refractivity contribution < 1.29 is 13.9 Å². The van der Waals surface area contributed by atoms with Crippen molar-refractivity contribution in [3.8, 4) is 0 Å². The van der Waals surface area contributed by atoms with Crippen molar-refractivity contribution in [1.29, 1.82) is 0 Å². The van der Waals surface area contributed by atoms with Gasteiger partial charge in [-0.25, -0.2) is 9.18 Å². The third-order valence-corrected chi connectivity index (χ3v) is 4.06. The molecule has 0 radical (unpaired) electrons. The van der Waals surface area contributed by atoms with E-state index in [0.717, 1.165) is 31.4 Å². The lowest BCUT2D eigenvalue weighted by atomic mass is 9.73. The zero-order valence-electron chi connectivity index (χ0n) is 11.4. The molecule has 19 heavy (non-hydrogen) atoms. The van der Waals surface area contributed by atoms with Crippen LogP contribution in [0.25, 0.3) is 0 Å². The number of carbonyl (C=O) groups excluding carboxylic acids is 1. The first-order chi connectivity index (χ1) is 9.08. The minimum Gasteiger partial charge on any atom is -0.467 e. The Morgan fingerprint density at radius 1 is 1.37 bits per heavy atom. The van der Waals surface area contributed by atoms with Crippen molar-refractivity contribution in [1.82, 2.24) is 0 Å². The fraction of sp³-hybridized carbons (Fsp3) is 0.533. The van der Waals surface area contributed by atoms with Gasteiger partial charge >= 0.3 is 5.97 Å². The second-order valence-electron chi connectivity index (χ2n) is 5.24. The molecule has 1 N–H and O–H groups in total. The molecule has 1 aliphatic carbocycles. The molecule has 3 nitrogen and oxygen atoms in total. The van der Waals surface area contributed by atoms with Gasteiger partial charge in [-0.2, -0.15) is 0 Å². The molecule has 1 aromatic carbocycles. The van der Waals surface area contributed by atoms with Crippen LogP contribution in [0.5, 0.6) is 0 Å². The van der Waals surface area contributed by atoms with Crippen molar-refractivity contribution in [3.63, 3.8) is 0 Å². The van der Waals surface area contributed by atoms with E-state index >= 15 is 0 Å². The van der Waals surface area contributed by atoms with E-state index in [1.807, 2.05) is 0 Å². The number of hydrogen-bond acceptors (Lipinski definition) is 3. The van der Waals surface area contributed by atoms with Crippen LogP contribution in [0.2, 0.25) is 0 Å². The molecule has 2 atom stereocenters. The summed E-state index contributed by atoms with van der Waals surface area (Å²) in [6.45, 7) is 2.06. The molecule has 0 aliphatic heterocycles. The first-order valence-corrected chi connectivity index (χ1v) is 6.70. The van der Waals surface area contributed by atoms with Crippen molar-refractivity contribution >= 4 is 11.7 Å². The highest BCUT2D eigenvalue weighted by Gasteiger charge is 2.45. The molecular weight excluding hydrogens is 245 g/mol. The Balaban J connectivity index is 2.27. The maximum Gasteiger partial charge on any atom is 0.331 e. The molecule has 0 spiro atoms. The Kier molecular flexibility index (Phi) is 4.08. The molecule has 0 amide bonds. The summed E-state index contributed by atoms with van der Waals surface area (Å²) in [6.07, 6.45) is 3.86. The topological polar surface area (TPSA) is 38.3 Å². The van der Waals surface area contributed by atoms with Crippen LogP contribution in [0.15, 0.2) is 24.3 Å². The molecule has 0 aromatic heterocycles. The fourth-order valence-corrected chi connectivity index (χ4v) is 2.86. The summed E-state index contributed by atoms with van der Waals surface area (Å²) in [5.74, 6) is -0.322. The van der Waals surface area contributed by atoms with Crippen LogP contribution in [-0.2, 0) is 9.53 Å². The van der Waals surface area contributed by atoms with Crippen LogP contribution in [0.3, 0.4) is 0 Å². The highest BCUT2D eigenvalue weighted by Crippen LogP contribution is 2.37. The van der Waals surface area contributed by atoms with E-state index < -0.39 is 5.54 Å². The van der Waals surface area contributed by atoms with Gasteiger partial charge in [-0.15, -0.1) is 0 Å². The predicted octanol–water partition coefficient (Wildman–Crippen LogP) is 3.36. The van der Waals surface area contributed by atoms with Gasteiger partial charge in [-0.3, -0.25) is 0 Å². The van der Waals surface area contributed by atoms with Gasteiger partial charge in [-0.1, -0.05) is 19.8 Å². The molecule has 1 saturated carbocycles. The summed E-state index contributed by atoms with van der Waals surface area (Å²) in [6, 6.07) is 6.09. The Labute approximate surface area is 113 Å². The molecular formula is C15H20FNO2. The summed E-state index contributed by atoms with van der Waals surface area (Å²) in [4.78, 5) is 12.2.